The van der Waals surface area contributed by atoms with Gasteiger partial charge in [0.05, 0.1) is 5.41 Å². The molecule has 3 aliphatic rings. The molecule has 2 atom stereocenters. The van der Waals surface area contributed by atoms with E-state index in [1.165, 1.54) is 0 Å². The summed E-state index contributed by atoms with van der Waals surface area (Å²) in [6.07, 6.45) is 0.988. The normalized spacial score (nSPS) is 26.1. The smallest absolute Gasteiger partial charge is 0.475 e. The number of aromatic nitrogens is 1. The molecular formula is C23H33F3N4O4. The highest BCUT2D eigenvalue weighted by atomic mass is 19.4. The van der Waals surface area contributed by atoms with E-state index in [0.29, 0.717) is 11.8 Å². The molecule has 1 aromatic rings. The van der Waals surface area contributed by atoms with Crippen molar-refractivity contribution in [3.05, 3.63) is 24.0 Å². The maximum atomic E-state index is 13.1. The second kappa shape index (κ2) is 9.24. The first kappa shape index (κ1) is 26.1. The summed E-state index contributed by atoms with van der Waals surface area (Å²) < 4.78 is 33.6. The van der Waals surface area contributed by atoms with Gasteiger partial charge in [0.1, 0.15) is 5.69 Å². The monoisotopic (exact) mass is 486 g/mol. The summed E-state index contributed by atoms with van der Waals surface area (Å²) in [5, 5.41) is 7.12. The van der Waals surface area contributed by atoms with Crippen LogP contribution in [-0.4, -0.2) is 95.7 Å². The largest absolute Gasteiger partial charge is 0.490 e. The number of piperidine rings is 1. The van der Waals surface area contributed by atoms with Crippen molar-refractivity contribution in [2.75, 3.05) is 47.3 Å². The average molecular weight is 487 g/mol. The van der Waals surface area contributed by atoms with E-state index >= 15 is 0 Å². The zero-order valence-electron chi connectivity index (χ0n) is 20.1. The van der Waals surface area contributed by atoms with Crippen LogP contribution in [0.5, 0.6) is 0 Å². The van der Waals surface area contributed by atoms with Crippen molar-refractivity contribution in [1.29, 1.82) is 0 Å². The van der Waals surface area contributed by atoms with E-state index in [2.05, 4.69) is 11.9 Å². The first-order valence-corrected chi connectivity index (χ1v) is 11.3. The van der Waals surface area contributed by atoms with Crippen molar-refractivity contribution in [1.82, 2.24) is 19.3 Å². The molecule has 4 rings (SSSR count). The van der Waals surface area contributed by atoms with Crippen molar-refractivity contribution in [3.8, 4) is 0 Å². The second-order valence-electron chi connectivity index (χ2n) is 10.1. The number of hydrogen-bond acceptors (Lipinski definition) is 4. The van der Waals surface area contributed by atoms with Crippen LogP contribution in [0.4, 0.5) is 13.2 Å². The number of rotatable bonds is 2. The summed E-state index contributed by atoms with van der Waals surface area (Å²) in [7, 11) is 7.84. The molecule has 8 nitrogen and oxygen atoms in total. The van der Waals surface area contributed by atoms with E-state index in [0.717, 1.165) is 57.6 Å². The standard InChI is InChI=1S/C21H32N4O2.C2HF3O2/c1-22(2)19(27)21-8-7-20(17(21)14-23(3)15-21)9-12-25(13-10-20)18(26)16-6-5-11-24(16)4;3-2(4,5)1(6)7/h5-6,11,17H,7-10,12-15H2,1-4H3;(H,6,7)/t17-,21+;/m0./s1. The molecule has 2 amide bonds. The topological polar surface area (TPSA) is 86.1 Å². The quantitative estimate of drug-likeness (QED) is 0.694. The fourth-order valence-electron chi connectivity index (χ4n) is 6.19. The van der Waals surface area contributed by atoms with E-state index in [1.54, 1.807) is 4.90 Å². The molecule has 11 heteroatoms. The van der Waals surface area contributed by atoms with Gasteiger partial charge in [0.2, 0.25) is 5.91 Å². The van der Waals surface area contributed by atoms with Crippen molar-refractivity contribution >= 4 is 17.8 Å². The maximum Gasteiger partial charge on any atom is 0.490 e. The number of amides is 2. The number of aryl methyl sites for hydroxylation is 1. The minimum Gasteiger partial charge on any atom is -0.475 e. The molecule has 0 radical (unpaired) electrons. The zero-order chi connectivity index (χ0) is 25.5. The first-order valence-electron chi connectivity index (χ1n) is 11.3. The van der Waals surface area contributed by atoms with Crippen LogP contribution in [-0.2, 0) is 16.6 Å². The van der Waals surface area contributed by atoms with Gasteiger partial charge < -0.3 is 24.4 Å². The Morgan fingerprint density at radius 2 is 1.68 bits per heavy atom. The fraction of sp³-hybridized carbons (Fsp3) is 0.696. The molecule has 1 N–H and O–H groups in total. The number of likely N-dealkylation sites (tertiary alicyclic amines) is 2. The Kier molecular flexibility index (Phi) is 7.08. The third kappa shape index (κ3) is 4.67. The van der Waals surface area contributed by atoms with Gasteiger partial charge in [-0.05, 0) is 56.2 Å². The number of carboxylic acid groups (broad SMARTS) is 1. The van der Waals surface area contributed by atoms with Crippen LogP contribution in [0.25, 0.3) is 0 Å². The maximum absolute atomic E-state index is 13.1. The fourth-order valence-corrected chi connectivity index (χ4v) is 6.19. The van der Waals surface area contributed by atoms with Crippen LogP contribution in [0, 0.1) is 16.7 Å². The average Bonchev–Trinajstić information content (AvgIpc) is 3.42. The number of fused-ring (bicyclic) bond motifs is 2. The van der Waals surface area contributed by atoms with Gasteiger partial charge in [-0.25, -0.2) is 4.79 Å². The highest BCUT2D eigenvalue weighted by Crippen LogP contribution is 2.62. The summed E-state index contributed by atoms with van der Waals surface area (Å²) >= 11 is 0. The Morgan fingerprint density at radius 3 is 2.15 bits per heavy atom. The SMILES string of the molecule is CN1C[C@H]2C3(CCN(C(=O)c4cccn4C)CC3)CC[C@@]2(C(=O)N(C)C)C1.O=C(O)C(F)(F)F. The van der Waals surface area contributed by atoms with E-state index < -0.39 is 12.1 Å². The van der Waals surface area contributed by atoms with E-state index in [1.807, 2.05) is 48.9 Å². The second-order valence-corrected chi connectivity index (χ2v) is 10.1. The number of alkyl halides is 3. The molecule has 1 spiro atoms. The number of halogens is 3. The van der Waals surface area contributed by atoms with E-state index in [-0.39, 0.29) is 16.7 Å². The van der Waals surface area contributed by atoms with Crippen LogP contribution >= 0.6 is 0 Å². The lowest BCUT2D eigenvalue weighted by Crippen LogP contribution is -2.49. The van der Waals surface area contributed by atoms with Gasteiger partial charge in [0, 0.05) is 53.5 Å². The summed E-state index contributed by atoms with van der Waals surface area (Å²) in [5.74, 6) is -1.91. The lowest BCUT2D eigenvalue weighted by Gasteiger charge is -2.44. The number of carboxylic acids is 1. The van der Waals surface area contributed by atoms with Gasteiger partial charge in [-0.2, -0.15) is 13.2 Å². The van der Waals surface area contributed by atoms with E-state index in [9.17, 15) is 22.8 Å². The highest BCUT2D eigenvalue weighted by molar-refractivity contribution is 5.92. The van der Waals surface area contributed by atoms with Crippen LogP contribution < -0.4 is 0 Å². The first-order chi connectivity index (χ1) is 15.7. The Balaban J connectivity index is 0.000000406. The van der Waals surface area contributed by atoms with Crippen LogP contribution in [0.2, 0.25) is 0 Å². The molecule has 1 saturated carbocycles. The van der Waals surface area contributed by atoms with Crippen LogP contribution in [0.3, 0.4) is 0 Å². The molecule has 3 heterocycles. The van der Waals surface area contributed by atoms with Gasteiger partial charge in [-0.15, -0.1) is 0 Å². The predicted octanol–water partition coefficient (Wildman–Crippen LogP) is 2.31. The number of nitrogens with zero attached hydrogens (tertiary/aromatic N) is 4. The molecule has 190 valence electrons. The van der Waals surface area contributed by atoms with Crippen LogP contribution in [0.15, 0.2) is 18.3 Å². The van der Waals surface area contributed by atoms with Gasteiger partial charge in [0.25, 0.3) is 5.91 Å². The highest BCUT2D eigenvalue weighted by Gasteiger charge is 2.64. The molecule has 2 saturated heterocycles. The third-order valence-corrected chi connectivity index (χ3v) is 7.81. The lowest BCUT2D eigenvalue weighted by atomic mass is 9.65. The minimum atomic E-state index is -5.08. The summed E-state index contributed by atoms with van der Waals surface area (Å²) in [6.45, 7) is 3.49. The molecule has 34 heavy (non-hydrogen) atoms. The molecule has 2 aliphatic heterocycles. The van der Waals surface area contributed by atoms with Crippen molar-refractivity contribution in [2.24, 2.45) is 23.8 Å². The number of hydrogen-bond donors (Lipinski definition) is 1. The molecular weight excluding hydrogens is 453 g/mol. The molecule has 0 bridgehead atoms. The Hall–Kier alpha value is -2.56. The Labute approximate surface area is 197 Å². The number of carbonyl (C=O) groups is 3. The molecule has 1 aliphatic carbocycles. The van der Waals surface area contributed by atoms with Gasteiger partial charge in [0.15, 0.2) is 0 Å². The zero-order valence-corrected chi connectivity index (χ0v) is 20.1. The number of carbonyl (C=O) groups excluding carboxylic acids is 2. The molecule has 0 aromatic carbocycles. The van der Waals surface area contributed by atoms with Crippen molar-refractivity contribution in [2.45, 2.75) is 31.9 Å². The predicted molar refractivity (Wildman–Crippen MR) is 118 cm³/mol. The van der Waals surface area contributed by atoms with Gasteiger partial charge in [-0.1, -0.05) is 0 Å². The van der Waals surface area contributed by atoms with Gasteiger partial charge in [-0.3, -0.25) is 9.59 Å². The minimum absolute atomic E-state index is 0.134. The molecule has 1 aromatic heterocycles. The Morgan fingerprint density at radius 1 is 1.09 bits per heavy atom. The molecule has 3 fully saturated rings. The van der Waals surface area contributed by atoms with Crippen molar-refractivity contribution < 1.29 is 32.7 Å². The Bertz CT molecular complexity index is 937. The number of aliphatic carboxylic acids is 1. The summed E-state index contributed by atoms with van der Waals surface area (Å²) in [6, 6.07) is 3.82. The summed E-state index contributed by atoms with van der Waals surface area (Å²) in [5.41, 5.74) is 0.749. The van der Waals surface area contributed by atoms with E-state index in [4.69, 9.17) is 9.90 Å². The summed E-state index contributed by atoms with van der Waals surface area (Å²) in [4.78, 5) is 41.0. The molecule has 0 unspecified atom stereocenters. The van der Waals surface area contributed by atoms with Gasteiger partial charge >= 0.3 is 12.1 Å². The van der Waals surface area contributed by atoms with Crippen LogP contribution in [0.1, 0.15) is 36.2 Å². The van der Waals surface area contributed by atoms with Crippen molar-refractivity contribution in [3.63, 3.8) is 0 Å². The third-order valence-electron chi connectivity index (χ3n) is 7.81. The lowest BCUT2D eigenvalue weighted by molar-refractivity contribution is -0.192.